The maximum atomic E-state index is 10.6. The predicted molar refractivity (Wildman–Crippen MR) is 42.5 cm³/mol. The van der Waals surface area contributed by atoms with E-state index in [1.54, 1.807) is 0 Å². The Morgan fingerprint density at radius 3 is 2.83 bits per heavy atom. The van der Waals surface area contributed by atoms with Crippen LogP contribution in [0.4, 0.5) is 0 Å². The Morgan fingerprint density at radius 2 is 2.42 bits per heavy atom. The van der Waals surface area contributed by atoms with Gasteiger partial charge in [-0.25, -0.2) is 4.79 Å². The Labute approximate surface area is 69.2 Å². The van der Waals surface area contributed by atoms with Gasteiger partial charge in [-0.15, -0.1) is 0 Å². The second-order valence-electron chi connectivity index (χ2n) is 2.37. The lowest BCUT2D eigenvalue weighted by Gasteiger charge is -1.94. The number of carboxylic acid groups (broad SMARTS) is 1. The molecular formula is C8H9NO3. The number of H-pyrrole nitrogens is 1. The smallest absolute Gasteiger partial charge is 0.337 e. The van der Waals surface area contributed by atoms with Gasteiger partial charge in [0, 0.05) is 6.20 Å². The SMILES string of the molecule is CCc1c(C(=O)O)c[nH]c1C=O. The van der Waals surface area contributed by atoms with E-state index in [-0.39, 0.29) is 5.56 Å². The van der Waals surface area contributed by atoms with Crippen molar-refractivity contribution in [1.29, 1.82) is 0 Å². The molecule has 0 aliphatic carbocycles. The molecule has 0 fully saturated rings. The second-order valence-corrected chi connectivity index (χ2v) is 2.37. The van der Waals surface area contributed by atoms with Crippen LogP contribution < -0.4 is 0 Å². The number of hydrogen-bond donors (Lipinski definition) is 2. The van der Waals surface area contributed by atoms with Gasteiger partial charge in [0.2, 0.25) is 0 Å². The van der Waals surface area contributed by atoms with Gasteiger partial charge in [-0.1, -0.05) is 6.92 Å². The average Bonchev–Trinajstić information content (AvgIpc) is 2.46. The predicted octanol–water partition coefficient (Wildman–Crippen LogP) is 1.09. The molecule has 1 rings (SSSR count). The molecule has 64 valence electrons. The number of carbonyl (C=O) groups excluding carboxylic acids is 1. The first-order chi connectivity index (χ1) is 5.70. The van der Waals surface area contributed by atoms with Crippen molar-refractivity contribution in [3.05, 3.63) is 23.0 Å². The summed E-state index contributed by atoms with van der Waals surface area (Å²) >= 11 is 0. The van der Waals surface area contributed by atoms with Crippen molar-refractivity contribution in [2.24, 2.45) is 0 Å². The van der Waals surface area contributed by atoms with Crippen LogP contribution in [-0.4, -0.2) is 22.3 Å². The number of carboxylic acids is 1. The first-order valence-electron chi connectivity index (χ1n) is 3.59. The topological polar surface area (TPSA) is 70.2 Å². The van der Waals surface area contributed by atoms with Crippen molar-refractivity contribution in [3.63, 3.8) is 0 Å². The Hall–Kier alpha value is -1.58. The van der Waals surface area contributed by atoms with Gasteiger partial charge in [0.05, 0.1) is 11.3 Å². The van der Waals surface area contributed by atoms with E-state index >= 15 is 0 Å². The minimum absolute atomic E-state index is 0.180. The van der Waals surface area contributed by atoms with Gasteiger partial charge in [-0.2, -0.15) is 0 Å². The molecule has 1 aromatic heterocycles. The van der Waals surface area contributed by atoms with E-state index in [1.807, 2.05) is 6.92 Å². The molecule has 0 unspecified atom stereocenters. The minimum atomic E-state index is -1.00. The molecule has 0 aromatic carbocycles. The third-order valence-electron chi connectivity index (χ3n) is 1.72. The Kier molecular flexibility index (Phi) is 2.28. The lowest BCUT2D eigenvalue weighted by Crippen LogP contribution is -1.99. The number of rotatable bonds is 3. The molecule has 0 saturated heterocycles. The fraction of sp³-hybridized carbons (Fsp3) is 0.250. The number of nitrogens with one attached hydrogen (secondary N) is 1. The summed E-state index contributed by atoms with van der Waals surface area (Å²) < 4.78 is 0. The molecule has 4 nitrogen and oxygen atoms in total. The molecule has 0 saturated carbocycles. The zero-order valence-electron chi connectivity index (χ0n) is 6.63. The van der Waals surface area contributed by atoms with E-state index in [0.29, 0.717) is 24.0 Å². The van der Waals surface area contributed by atoms with Crippen LogP contribution >= 0.6 is 0 Å². The van der Waals surface area contributed by atoms with Crippen molar-refractivity contribution in [3.8, 4) is 0 Å². The van der Waals surface area contributed by atoms with Crippen LogP contribution in [0.2, 0.25) is 0 Å². The number of aromatic amines is 1. The fourth-order valence-corrected chi connectivity index (χ4v) is 1.15. The highest BCUT2D eigenvalue weighted by Gasteiger charge is 2.13. The number of aromatic nitrogens is 1. The van der Waals surface area contributed by atoms with E-state index in [2.05, 4.69) is 4.98 Å². The van der Waals surface area contributed by atoms with E-state index in [0.717, 1.165) is 0 Å². The van der Waals surface area contributed by atoms with Crippen LogP contribution in [-0.2, 0) is 6.42 Å². The van der Waals surface area contributed by atoms with E-state index < -0.39 is 5.97 Å². The molecule has 4 heteroatoms. The Bertz CT molecular complexity index is 314. The maximum Gasteiger partial charge on any atom is 0.337 e. The molecule has 0 atom stereocenters. The Morgan fingerprint density at radius 1 is 1.75 bits per heavy atom. The molecule has 12 heavy (non-hydrogen) atoms. The van der Waals surface area contributed by atoms with Crippen LogP contribution in [0.25, 0.3) is 0 Å². The molecular weight excluding hydrogens is 158 g/mol. The summed E-state index contributed by atoms with van der Waals surface area (Å²) in [6.45, 7) is 1.81. The zero-order chi connectivity index (χ0) is 9.14. The van der Waals surface area contributed by atoms with Gasteiger partial charge in [0.15, 0.2) is 6.29 Å². The monoisotopic (exact) mass is 167 g/mol. The standard InChI is InChI=1S/C8H9NO3/c1-2-5-6(8(11)12)3-9-7(5)4-10/h3-4,9H,2H2,1H3,(H,11,12). The summed E-state index contributed by atoms with van der Waals surface area (Å²) in [5.74, 6) is -1.00. The quantitative estimate of drug-likeness (QED) is 0.662. The first-order valence-corrected chi connectivity index (χ1v) is 3.59. The first kappa shape index (κ1) is 8.52. The number of aromatic carboxylic acids is 1. The van der Waals surface area contributed by atoms with Gasteiger partial charge < -0.3 is 10.1 Å². The van der Waals surface area contributed by atoms with Crippen molar-refractivity contribution in [2.45, 2.75) is 13.3 Å². The van der Waals surface area contributed by atoms with Gasteiger partial charge in [-0.3, -0.25) is 4.79 Å². The number of aldehydes is 1. The van der Waals surface area contributed by atoms with Gasteiger partial charge in [0.25, 0.3) is 0 Å². The van der Waals surface area contributed by atoms with Crippen molar-refractivity contribution < 1.29 is 14.7 Å². The Balaban J connectivity index is 3.22. The highest BCUT2D eigenvalue weighted by atomic mass is 16.4. The second kappa shape index (κ2) is 3.21. The highest BCUT2D eigenvalue weighted by Crippen LogP contribution is 2.12. The molecule has 2 N–H and O–H groups in total. The normalized spacial score (nSPS) is 9.75. The third-order valence-corrected chi connectivity index (χ3v) is 1.72. The van der Waals surface area contributed by atoms with Crippen LogP contribution in [0, 0.1) is 0 Å². The molecule has 0 aliphatic rings. The van der Waals surface area contributed by atoms with Gasteiger partial charge in [0.1, 0.15) is 0 Å². The lowest BCUT2D eigenvalue weighted by molar-refractivity contribution is 0.0696. The summed E-state index contributed by atoms with van der Waals surface area (Å²) in [7, 11) is 0. The van der Waals surface area contributed by atoms with Crippen LogP contribution in [0.1, 0.15) is 33.3 Å². The molecule has 1 aromatic rings. The lowest BCUT2D eigenvalue weighted by atomic mass is 10.1. The van der Waals surface area contributed by atoms with Crippen LogP contribution in [0.5, 0.6) is 0 Å². The van der Waals surface area contributed by atoms with Crippen LogP contribution in [0.3, 0.4) is 0 Å². The molecule has 0 spiro atoms. The summed E-state index contributed by atoms with van der Waals surface area (Å²) in [5, 5.41) is 8.67. The van der Waals surface area contributed by atoms with Crippen molar-refractivity contribution in [2.75, 3.05) is 0 Å². The minimum Gasteiger partial charge on any atom is -0.478 e. The van der Waals surface area contributed by atoms with Crippen molar-refractivity contribution >= 4 is 12.3 Å². The largest absolute Gasteiger partial charge is 0.478 e. The highest BCUT2D eigenvalue weighted by molar-refractivity contribution is 5.92. The molecule has 0 bridgehead atoms. The maximum absolute atomic E-state index is 10.6. The fourth-order valence-electron chi connectivity index (χ4n) is 1.15. The molecule has 0 radical (unpaired) electrons. The molecule has 0 amide bonds. The zero-order valence-corrected chi connectivity index (χ0v) is 6.63. The van der Waals surface area contributed by atoms with E-state index in [9.17, 15) is 9.59 Å². The summed E-state index contributed by atoms with van der Waals surface area (Å²) in [6.07, 6.45) is 2.51. The van der Waals surface area contributed by atoms with Gasteiger partial charge >= 0.3 is 5.97 Å². The van der Waals surface area contributed by atoms with Gasteiger partial charge in [-0.05, 0) is 12.0 Å². The van der Waals surface area contributed by atoms with Crippen LogP contribution in [0.15, 0.2) is 6.20 Å². The van der Waals surface area contributed by atoms with Crippen molar-refractivity contribution in [1.82, 2.24) is 4.98 Å². The van der Waals surface area contributed by atoms with E-state index in [4.69, 9.17) is 5.11 Å². The summed E-state index contributed by atoms with van der Waals surface area (Å²) in [5.41, 5.74) is 1.10. The van der Waals surface area contributed by atoms with E-state index in [1.165, 1.54) is 6.20 Å². The summed E-state index contributed by atoms with van der Waals surface area (Å²) in [6, 6.07) is 0. The number of carbonyl (C=O) groups is 2. The number of hydrogen-bond acceptors (Lipinski definition) is 2. The molecule has 1 heterocycles. The third kappa shape index (κ3) is 1.23. The summed E-state index contributed by atoms with van der Waals surface area (Å²) in [4.78, 5) is 23.6. The average molecular weight is 167 g/mol. The molecule has 0 aliphatic heterocycles.